The lowest BCUT2D eigenvalue weighted by atomic mass is 10.1. The Morgan fingerprint density at radius 2 is 1.96 bits per heavy atom. The maximum Gasteiger partial charge on any atom is 0.409 e. The Morgan fingerprint density at radius 1 is 1.23 bits per heavy atom. The number of benzene rings is 1. The molecule has 1 fully saturated rings. The van der Waals surface area contributed by atoms with Gasteiger partial charge in [0.05, 0.1) is 13.0 Å². The molecule has 0 unspecified atom stereocenters. The number of amides is 2. The normalized spacial score (nSPS) is 14.9. The van der Waals surface area contributed by atoms with Crippen molar-refractivity contribution in [2.75, 3.05) is 19.7 Å². The van der Waals surface area contributed by atoms with Gasteiger partial charge in [0, 0.05) is 19.1 Å². The van der Waals surface area contributed by atoms with Crippen LogP contribution in [0.4, 0.5) is 4.79 Å². The van der Waals surface area contributed by atoms with E-state index in [0.29, 0.717) is 44.8 Å². The van der Waals surface area contributed by atoms with E-state index in [9.17, 15) is 9.59 Å². The number of nitrogens with zero attached hydrogens (tertiary/aromatic N) is 3. The lowest BCUT2D eigenvalue weighted by Crippen LogP contribution is -2.46. The average molecular weight is 358 g/mol. The molecule has 1 aromatic carbocycles. The molecule has 26 heavy (non-hydrogen) atoms. The highest BCUT2D eigenvalue weighted by Gasteiger charge is 2.26. The van der Waals surface area contributed by atoms with Crippen molar-refractivity contribution in [3.8, 4) is 0 Å². The molecule has 2 aromatic rings. The summed E-state index contributed by atoms with van der Waals surface area (Å²) in [5, 5.41) is 10.7. The van der Waals surface area contributed by atoms with Gasteiger partial charge in [-0.25, -0.2) is 4.79 Å². The Morgan fingerprint density at radius 3 is 2.65 bits per heavy atom. The minimum Gasteiger partial charge on any atom is -0.450 e. The van der Waals surface area contributed by atoms with Crippen molar-refractivity contribution in [3.05, 3.63) is 47.7 Å². The Bertz CT molecular complexity index is 739. The predicted molar refractivity (Wildman–Crippen MR) is 92.6 cm³/mol. The number of likely N-dealkylation sites (tertiary alicyclic amines) is 1. The summed E-state index contributed by atoms with van der Waals surface area (Å²) in [6.45, 7) is 3.24. The standard InChI is InChI=1S/C18H22N4O4/c1-2-25-18(24)22-10-8-14(9-11-22)19-16(23)17-21-20-15(26-17)12-13-6-4-3-5-7-13/h3-7,14H,2,8-12H2,1H3,(H,19,23). The number of piperidine rings is 1. The third-order valence-electron chi connectivity index (χ3n) is 4.22. The van der Waals surface area contributed by atoms with Crippen molar-refractivity contribution in [1.82, 2.24) is 20.4 Å². The topological polar surface area (TPSA) is 97.6 Å². The van der Waals surface area contributed by atoms with Gasteiger partial charge in [0.1, 0.15) is 0 Å². The molecule has 0 aliphatic carbocycles. The van der Waals surface area contributed by atoms with Crippen LogP contribution >= 0.6 is 0 Å². The van der Waals surface area contributed by atoms with Gasteiger partial charge in [0.25, 0.3) is 0 Å². The molecule has 8 heteroatoms. The molecule has 0 radical (unpaired) electrons. The van der Waals surface area contributed by atoms with Crippen LogP contribution in [0.1, 0.15) is 41.9 Å². The van der Waals surface area contributed by atoms with Gasteiger partial charge < -0.3 is 19.4 Å². The number of carbonyl (C=O) groups is 2. The molecule has 1 aromatic heterocycles. The van der Waals surface area contributed by atoms with Gasteiger partial charge in [0.2, 0.25) is 5.89 Å². The molecule has 0 saturated carbocycles. The molecule has 1 aliphatic rings. The Kier molecular flexibility index (Phi) is 5.83. The first kappa shape index (κ1) is 17.9. The molecule has 2 amide bonds. The van der Waals surface area contributed by atoms with E-state index in [2.05, 4.69) is 15.5 Å². The third kappa shape index (κ3) is 4.59. The SMILES string of the molecule is CCOC(=O)N1CCC(NC(=O)c2nnc(Cc3ccccc3)o2)CC1. The van der Waals surface area contributed by atoms with Crippen LogP contribution in [0.25, 0.3) is 0 Å². The molecule has 3 rings (SSSR count). The van der Waals surface area contributed by atoms with Crippen LogP contribution < -0.4 is 5.32 Å². The quantitative estimate of drug-likeness (QED) is 0.878. The summed E-state index contributed by atoms with van der Waals surface area (Å²) in [5.41, 5.74) is 1.04. The van der Waals surface area contributed by atoms with Crippen LogP contribution in [0.2, 0.25) is 0 Å². The molecule has 138 valence electrons. The first-order valence-corrected chi connectivity index (χ1v) is 8.74. The summed E-state index contributed by atoms with van der Waals surface area (Å²) in [6.07, 6.45) is 1.50. The molecule has 2 heterocycles. The zero-order valence-electron chi connectivity index (χ0n) is 14.7. The summed E-state index contributed by atoms with van der Waals surface area (Å²) in [5.74, 6) is -0.0198. The van der Waals surface area contributed by atoms with Crippen molar-refractivity contribution >= 4 is 12.0 Å². The maximum atomic E-state index is 12.3. The fourth-order valence-electron chi connectivity index (χ4n) is 2.86. The number of hydrogen-bond acceptors (Lipinski definition) is 6. The third-order valence-corrected chi connectivity index (χ3v) is 4.22. The van der Waals surface area contributed by atoms with E-state index in [1.54, 1.807) is 11.8 Å². The molecule has 1 saturated heterocycles. The van der Waals surface area contributed by atoms with Crippen molar-refractivity contribution in [2.24, 2.45) is 0 Å². The smallest absolute Gasteiger partial charge is 0.409 e. The van der Waals surface area contributed by atoms with Gasteiger partial charge in [-0.1, -0.05) is 30.3 Å². The molecule has 1 N–H and O–H groups in total. The Labute approximate surface area is 151 Å². The molecular weight excluding hydrogens is 336 g/mol. The van der Waals surface area contributed by atoms with Gasteiger partial charge in [-0.3, -0.25) is 4.79 Å². The van der Waals surface area contributed by atoms with Crippen LogP contribution in [-0.2, 0) is 11.2 Å². The zero-order chi connectivity index (χ0) is 18.4. The summed E-state index contributed by atoms with van der Waals surface area (Å²) in [4.78, 5) is 25.6. The van der Waals surface area contributed by atoms with E-state index in [0.717, 1.165) is 5.56 Å². The number of rotatable bonds is 5. The van der Waals surface area contributed by atoms with E-state index in [1.165, 1.54) is 0 Å². The molecular formula is C18H22N4O4. The second kappa shape index (κ2) is 8.46. The molecule has 0 atom stereocenters. The van der Waals surface area contributed by atoms with Gasteiger partial charge in [-0.2, -0.15) is 0 Å². The summed E-state index contributed by atoms with van der Waals surface area (Å²) in [6, 6.07) is 9.69. The van der Waals surface area contributed by atoms with Crippen LogP contribution in [0.5, 0.6) is 0 Å². The molecule has 1 aliphatic heterocycles. The summed E-state index contributed by atoms with van der Waals surface area (Å²) in [7, 11) is 0. The second-order valence-corrected chi connectivity index (χ2v) is 6.10. The highest BCUT2D eigenvalue weighted by molar-refractivity contribution is 5.89. The van der Waals surface area contributed by atoms with Crippen LogP contribution in [0.15, 0.2) is 34.7 Å². The molecule has 8 nitrogen and oxygen atoms in total. The summed E-state index contributed by atoms with van der Waals surface area (Å²) >= 11 is 0. The minimum atomic E-state index is -0.383. The van der Waals surface area contributed by atoms with E-state index in [1.807, 2.05) is 30.3 Å². The second-order valence-electron chi connectivity index (χ2n) is 6.10. The highest BCUT2D eigenvalue weighted by atomic mass is 16.6. The Hall–Kier alpha value is -2.90. The van der Waals surface area contributed by atoms with E-state index >= 15 is 0 Å². The van der Waals surface area contributed by atoms with Crippen LogP contribution in [-0.4, -0.2) is 52.8 Å². The molecule has 0 bridgehead atoms. The van der Waals surface area contributed by atoms with Crippen molar-refractivity contribution in [1.29, 1.82) is 0 Å². The fourth-order valence-corrected chi connectivity index (χ4v) is 2.86. The lowest BCUT2D eigenvalue weighted by molar-refractivity contribution is 0.0834. The highest BCUT2D eigenvalue weighted by Crippen LogP contribution is 2.13. The minimum absolute atomic E-state index is 0.0300. The predicted octanol–water partition coefficient (Wildman–Crippen LogP) is 2.01. The maximum absolute atomic E-state index is 12.3. The number of carbonyl (C=O) groups excluding carboxylic acids is 2. The molecule has 0 spiro atoms. The number of aromatic nitrogens is 2. The first-order chi connectivity index (χ1) is 12.7. The zero-order valence-corrected chi connectivity index (χ0v) is 14.7. The van der Waals surface area contributed by atoms with Crippen LogP contribution in [0.3, 0.4) is 0 Å². The Balaban J connectivity index is 1.49. The van der Waals surface area contributed by atoms with Gasteiger partial charge in [-0.15, -0.1) is 10.2 Å². The monoisotopic (exact) mass is 358 g/mol. The number of nitrogens with one attached hydrogen (secondary N) is 1. The van der Waals surface area contributed by atoms with Crippen LogP contribution in [0, 0.1) is 0 Å². The summed E-state index contributed by atoms with van der Waals surface area (Å²) < 4.78 is 10.4. The van der Waals surface area contributed by atoms with Gasteiger partial charge in [-0.05, 0) is 25.3 Å². The van der Waals surface area contributed by atoms with E-state index < -0.39 is 0 Å². The lowest BCUT2D eigenvalue weighted by Gasteiger charge is -2.31. The number of hydrogen-bond donors (Lipinski definition) is 1. The number of ether oxygens (including phenoxy) is 1. The van der Waals surface area contributed by atoms with Crippen molar-refractivity contribution in [3.63, 3.8) is 0 Å². The van der Waals surface area contributed by atoms with Crippen molar-refractivity contribution in [2.45, 2.75) is 32.2 Å². The fraction of sp³-hybridized carbons (Fsp3) is 0.444. The largest absolute Gasteiger partial charge is 0.450 e. The van der Waals surface area contributed by atoms with Crippen molar-refractivity contribution < 1.29 is 18.7 Å². The first-order valence-electron chi connectivity index (χ1n) is 8.74. The van der Waals surface area contributed by atoms with E-state index in [-0.39, 0.29) is 23.9 Å². The van der Waals surface area contributed by atoms with E-state index in [4.69, 9.17) is 9.15 Å². The average Bonchev–Trinajstić information content (AvgIpc) is 3.12. The van der Waals surface area contributed by atoms with Gasteiger partial charge in [0.15, 0.2) is 0 Å². The van der Waals surface area contributed by atoms with Gasteiger partial charge >= 0.3 is 17.9 Å².